The molecule has 0 saturated carbocycles. The van der Waals surface area contributed by atoms with E-state index in [4.69, 9.17) is 16.2 Å². The van der Waals surface area contributed by atoms with Gasteiger partial charge in [-0.2, -0.15) is 10.6 Å². The highest BCUT2D eigenvalue weighted by Crippen LogP contribution is 2.44. The van der Waals surface area contributed by atoms with Gasteiger partial charge in [-0.1, -0.05) is 96.0 Å². The van der Waals surface area contributed by atoms with Crippen LogP contribution in [-0.2, 0) is 8.37 Å². The molecule has 31 heavy (non-hydrogen) atoms. The number of aliphatic hydroxyl groups is 1. The van der Waals surface area contributed by atoms with Crippen molar-refractivity contribution in [2.24, 2.45) is 0 Å². The Morgan fingerprint density at radius 3 is 1.87 bits per heavy atom. The van der Waals surface area contributed by atoms with E-state index in [0.717, 1.165) is 38.4 Å². The average Bonchev–Trinajstić information content (AvgIpc) is 2.73. The van der Waals surface area contributed by atoms with Gasteiger partial charge in [0.1, 0.15) is 0 Å². The molecular formula is C26H53BO3S. The lowest BCUT2D eigenvalue weighted by molar-refractivity contribution is -0.0221. The molecule has 5 heteroatoms. The van der Waals surface area contributed by atoms with Gasteiger partial charge in [-0.25, -0.2) is 0 Å². The Kier molecular flexibility index (Phi) is 23.2. The summed E-state index contributed by atoms with van der Waals surface area (Å²) >= 11 is 0. The lowest BCUT2D eigenvalue weighted by Crippen LogP contribution is -2.17. The Morgan fingerprint density at radius 1 is 0.742 bits per heavy atom. The molecule has 1 N–H and O–H groups in total. The maximum Gasteiger partial charge on any atom is 0.177 e. The van der Waals surface area contributed by atoms with Crippen molar-refractivity contribution in [3.63, 3.8) is 0 Å². The molecule has 0 aromatic carbocycles. The minimum Gasteiger partial charge on any atom is -0.366 e. The maximum absolute atomic E-state index is 10.2. The van der Waals surface area contributed by atoms with E-state index < -0.39 is 16.9 Å². The summed E-state index contributed by atoms with van der Waals surface area (Å²) < 4.78 is 11.6. The molecule has 0 aliphatic heterocycles. The highest BCUT2D eigenvalue weighted by Gasteiger charge is 2.15. The van der Waals surface area contributed by atoms with Crippen molar-refractivity contribution in [3.8, 4) is 0 Å². The van der Waals surface area contributed by atoms with Gasteiger partial charge in [0.05, 0.1) is 14.5 Å². The largest absolute Gasteiger partial charge is 0.366 e. The van der Waals surface area contributed by atoms with E-state index in [0.29, 0.717) is 13.0 Å². The highest BCUT2D eigenvalue weighted by molar-refractivity contribution is 8.24. The van der Waals surface area contributed by atoms with Crippen LogP contribution in [0.5, 0.6) is 0 Å². The van der Waals surface area contributed by atoms with Crippen molar-refractivity contribution in [1.82, 2.24) is 0 Å². The van der Waals surface area contributed by atoms with Gasteiger partial charge in [0, 0.05) is 18.9 Å². The Bertz CT molecular complexity index is 391. The van der Waals surface area contributed by atoms with Crippen LogP contribution in [0, 0.1) is 0 Å². The third-order valence-corrected chi connectivity index (χ3v) is 6.94. The van der Waals surface area contributed by atoms with Crippen molar-refractivity contribution >= 4 is 18.4 Å². The Balaban J connectivity index is 3.46. The van der Waals surface area contributed by atoms with Crippen molar-refractivity contribution < 1.29 is 13.5 Å². The van der Waals surface area contributed by atoms with Gasteiger partial charge < -0.3 is 5.11 Å². The lowest BCUT2D eigenvalue weighted by atomic mass is 9.99. The molecule has 0 amide bonds. The van der Waals surface area contributed by atoms with Gasteiger partial charge in [-0.15, -0.1) is 0 Å². The number of rotatable bonds is 24. The fourth-order valence-corrected chi connectivity index (χ4v) is 4.80. The second-order valence-corrected chi connectivity index (χ2v) is 11.8. The molecule has 3 nitrogen and oxygen atoms in total. The van der Waals surface area contributed by atoms with Crippen molar-refractivity contribution in [2.45, 2.75) is 135 Å². The molecule has 0 bridgehead atoms. The number of hydrogen-bond acceptors (Lipinski definition) is 3. The SMILES string of the molecule is [B]CCCCCCOS(C)(C)OC(O)CCCCCCC/C=C\CCCCCCCC. The summed E-state index contributed by atoms with van der Waals surface area (Å²) in [5.41, 5.74) is 0. The van der Waals surface area contributed by atoms with E-state index in [1.54, 1.807) is 0 Å². The molecule has 184 valence electrons. The predicted molar refractivity (Wildman–Crippen MR) is 141 cm³/mol. The zero-order valence-electron chi connectivity index (χ0n) is 21.1. The summed E-state index contributed by atoms with van der Waals surface area (Å²) in [5, 5.41) is 10.2. The van der Waals surface area contributed by atoms with Crippen LogP contribution >= 0.6 is 10.6 Å². The monoisotopic (exact) mass is 456 g/mol. The topological polar surface area (TPSA) is 38.7 Å². The first-order valence-corrected chi connectivity index (χ1v) is 15.4. The van der Waals surface area contributed by atoms with Crippen LogP contribution in [0.25, 0.3) is 0 Å². The van der Waals surface area contributed by atoms with Gasteiger partial charge in [0.15, 0.2) is 6.29 Å². The molecule has 1 atom stereocenters. The Hall–Kier alpha value is 0.0349. The summed E-state index contributed by atoms with van der Waals surface area (Å²) in [5.74, 6) is 0. The van der Waals surface area contributed by atoms with Crippen LogP contribution in [-0.4, -0.2) is 38.4 Å². The van der Waals surface area contributed by atoms with Crippen molar-refractivity contribution in [3.05, 3.63) is 12.2 Å². The molecule has 0 aliphatic rings. The van der Waals surface area contributed by atoms with Gasteiger partial charge >= 0.3 is 0 Å². The van der Waals surface area contributed by atoms with Crippen LogP contribution in [0.1, 0.15) is 122 Å². The molecule has 0 heterocycles. The molecule has 1 unspecified atom stereocenters. The van der Waals surface area contributed by atoms with E-state index in [2.05, 4.69) is 19.1 Å². The molecule has 0 rings (SSSR count). The molecule has 0 spiro atoms. The predicted octanol–water partition coefficient (Wildman–Crippen LogP) is 8.42. The lowest BCUT2D eigenvalue weighted by Gasteiger charge is -2.37. The van der Waals surface area contributed by atoms with Crippen LogP contribution in [0.15, 0.2) is 12.2 Å². The maximum atomic E-state index is 10.2. The zero-order valence-corrected chi connectivity index (χ0v) is 21.9. The highest BCUT2D eigenvalue weighted by atomic mass is 32.3. The molecular weight excluding hydrogens is 403 g/mol. The quantitative estimate of drug-likeness (QED) is 0.0685. The van der Waals surface area contributed by atoms with Gasteiger partial charge in [0.25, 0.3) is 0 Å². The Labute approximate surface area is 198 Å². The number of allylic oxidation sites excluding steroid dienone is 2. The molecule has 0 aliphatic carbocycles. The van der Waals surface area contributed by atoms with Crippen molar-refractivity contribution in [2.75, 3.05) is 19.1 Å². The van der Waals surface area contributed by atoms with E-state index in [9.17, 15) is 5.11 Å². The second kappa shape index (κ2) is 23.2. The smallest absolute Gasteiger partial charge is 0.177 e. The normalized spacial score (nSPS) is 13.8. The molecule has 0 aromatic heterocycles. The fraction of sp³-hybridized carbons (Fsp3) is 0.923. The zero-order chi connectivity index (χ0) is 23.0. The molecule has 2 radical (unpaired) electrons. The van der Waals surface area contributed by atoms with E-state index in [-0.39, 0.29) is 0 Å². The molecule has 0 fully saturated rings. The summed E-state index contributed by atoms with van der Waals surface area (Å²) in [6.45, 7) is 2.97. The van der Waals surface area contributed by atoms with Crippen LogP contribution in [0.3, 0.4) is 0 Å². The Morgan fingerprint density at radius 2 is 1.26 bits per heavy atom. The molecule has 0 saturated heterocycles. The number of hydrogen-bond donors (Lipinski definition) is 1. The number of aliphatic hydroxyl groups excluding tert-OH is 1. The number of unbranched alkanes of at least 4 members (excludes halogenated alkanes) is 14. The first-order chi connectivity index (χ1) is 15.0. The summed E-state index contributed by atoms with van der Waals surface area (Å²) in [6, 6.07) is 0. The van der Waals surface area contributed by atoms with E-state index in [1.807, 2.05) is 12.5 Å². The first-order valence-electron chi connectivity index (χ1n) is 13.1. The van der Waals surface area contributed by atoms with Crippen LogP contribution in [0.2, 0.25) is 6.32 Å². The third-order valence-electron chi connectivity index (χ3n) is 5.52. The molecule has 0 aromatic rings. The van der Waals surface area contributed by atoms with Gasteiger partial charge in [0.2, 0.25) is 0 Å². The summed E-state index contributed by atoms with van der Waals surface area (Å²) in [4.78, 5) is 0. The van der Waals surface area contributed by atoms with Gasteiger partial charge in [-0.3, -0.25) is 8.37 Å². The van der Waals surface area contributed by atoms with Crippen LogP contribution < -0.4 is 0 Å². The summed E-state index contributed by atoms with van der Waals surface area (Å²) in [7, 11) is 3.88. The van der Waals surface area contributed by atoms with E-state index in [1.165, 1.54) is 77.0 Å². The second-order valence-electron chi connectivity index (χ2n) is 9.09. The van der Waals surface area contributed by atoms with Gasteiger partial charge in [-0.05, 0) is 38.5 Å². The van der Waals surface area contributed by atoms with Crippen molar-refractivity contribution in [1.29, 1.82) is 0 Å². The minimum atomic E-state index is -1.63. The average molecular weight is 457 g/mol. The third kappa shape index (κ3) is 24.5. The first kappa shape index (κ1) is 31.0. The minimum absolute atomic E-state index is 0.701. The summed E-state index contributed by atoms with van der Waals surface area (Å²) in [6.07, 6.45) is 30.6. The van der Waals surface area contributed by atoms with E-state index >= 15 is 0 Å². The standard InChI is InChI=1S/C26H53BO3S/c1-4-5-6-7-8-9-10-11-12-13-14-15-16-17-20-23-26(28)30-31(2,3)29-25-22-19-18-21-24-27/h11-12,26,28H,4-10,13-25H2,1-3H3/b12-11-. The fourth-order valence-electron chi connectivity index (χ4n) is 3.59. The van der Waals surface area contributed by atoms with Crippen LogP contribution in [0.4, 0.5) is 0 Å².